The van der Waals surface area contributed by atoms with Gasteiger partial charge in [0.2, 0.25) is 5.75 Å². The summed E-state index contributed by atoms with van der Waals surface area (Å²) >= 11 is 0. The number of hydrogen-bond donors (Lipinski definition) is 1. The monoisotopic (exact) mass is 537 g/mol. The molecule has 0 radical (unpaired) electrons. The quantitative estimate of drug-likeness (QED) is 0.103. The van der Waals surface area contributed by atoms with Gasteiger partial charge in [0.15, 0.2) is 11.5 Å². The van der Waals surface area contributed by atoms with Gasteiger partial charge in [-0.3, -0.25) is 14.9 Å². The lowest BCUT2D eigenvalue weighted by Crippen LogP contribution is -2.14. The molecule has 3 rings (SSSR count). The molecule has 0 spiro atoms. The lowest BCUT2D eigenvalue weighted by atomic mass is 10.0. The number of nitriles is 1. The van der Waals surface area contributed by atoms with Gasteiger partial charge in [0.05, 0.1) is 17.6 Å². The van der Waals surface area contributed by atoms with Gasteiger partial charge in [0, 0.05) is 17.3 Å². The van der Waals surface area contributed by atoms with Gasteiger partial charge in [-0.05, 0) is 60.9 Å². The molecule has 1 N–H and O–H groups in total. The van der Waals surface area contributed by atoms with Gasteiger partial charge in [-0.2, -0.15) is 18.4 Å². The summed E-state index contributed by atoms with van der Waals surface area (Å²) in [6.07, 6.45) is -1.79. The number of para-hydroxylation sites is 1. The largest absolute Gasteiger partial charge is 0.493 e. The number of carbonyl (C=O) groups is 1. The number of rotatable bonds is 9. The molecule has 0 saturated heterocycles. The average Bonchev–Trinajstić information content (AvgIpc) is 2.89. The predicted molar refractivity (Wildman–Crippen MR) is 138 cm³/mol. The minimum atomic E-state index is -4.78. The van der Waals surface area contributed by atoms with Crippen molar-refractivity contribution in [3.05, 3.63) is 105 Å². The first kappa shape index (κ1) is 28.5. The summed E-state index contributed by atoms with van der Waals surface area (Å²) in [7, 11) is 1.30. The van der Waals surface area contributed by atoms with Crippen molar-refractivity contribution < 1.29 is 32.4 Å². The first-order valence-electron chi connectivity index (χ1n) is 11.3. The molecular formula is C28H22F3N3O5. The Morgan fingerprint density at radius 1 is 1.18 bits per heavy atom. The van der Waals surface area contributed by atoms with Gasteiger partial charge in [0.25, 0.3) is 5.91 Å². The molecule has 0 fully saturated rings. The zero-order chi connectivity index (χ0) is 28.7. The summed E-state index contributed by atoms with van der Waals surface area (Å²) in [4.78, 5) is 23.3. The molecule has 8 nitrogen and oxygen atoms in total. The van der Waals surface area contributed by atoms with E-state index in [0.717, 1.165) is 11.6 Å². The van der Waals surface area contributed by atoms with E-state index in [1.807, 2.05) is 12.1 Å². The molecule has 200 valence electrons. The van der Waals surface area contributed by atoms with Crippen molar-refractivity contribution in [1.82, 2.24) is 0 Å². The Balaban J connectivity index is 2.05. The molecule has 0 atom stereocenters. The molecule has 39 heavy (non-hydrogen) atoms. The number of halogens is 3. The number of allylic oxidation sites excluding steroid dienone is 1. The van der Waals surface area contributed by atoms with Crippen LogP contribution < -0.4 is 14.8 Å². The number of nitro groups is 1. The third-order valence-corrected chi connectivity index (χ3v) is 5.50. The third-order valence-electron chi connectivity index (χ3n) is 5.50. The molecule has 0 aromatic heterocycles. The molecule has 0 aliphatic heterocycles. The molecule has 3 aromatic rings. The van der Waals surface area contributed by atoms with Crippen LogP contribution in [0.2, 0.25) is 0 Å². The van der Waals surface area contributed by atoms with Crippen LogP contribution in [0.15, 0.2) is 72.8 Å². The molecule has 11 heteroatoms. The molecule has 1 amide bonds. The number of carbonyl (C=O) groups excluding carboxylic acids is 1. The number of aryl methyl sites for hydroxylation is 1. The second-order valence-electron chi connectivity index (χ2n) is 8.18. The highest BCUT2D eigenvalue weighted by Crippen LogP contribution is 2.42. The Bertz CT molecular complexity index is 1510. The SMILES string of the molecule is C=CCc1cc(/C=C(\C#N)C(=O)Nc2ccccc2C)cc(OC)c1Oc1ccc(C(F)(F)F)cc1[N+](=O)[O-]. The highest BCUT2D eigenvalue weighted by atomic mass is 19.4. The number of methoxy groups -OCH3 is 1. The molecule has 3 aromatic carbocycles. The fraction of sp³-hybridized carbons (Fsp3) is 0.143. The van der Waals surface area contributed by atoms with E-state index in [0.29, 0.717) is 28.9 Å². The fourth-order valence-electron chi connectivity index (χ4n) is 3.59. The van der Waals surface area contributed by atoms with E-state index in [1.54, 1.807) is 31.2 Å². The molecule has 0 heterocycles. The Hall–Kier alpha value is -5.11. The topological polar surface area (TPSA) is 114 Å². The molecule has 0 unspecified atom stereocenters. The van der Waals surface area contributed by atoms with Crippen LogP contribution in [-0.4, -0.2) is 17.9 Å². The Labute approximate surface area is 221 Å². The van der Waals surface area contributed by atoms with Crippen LogP contribution in [0.3, 0.4) is 0 Å². The van der Waals surface area contributed by atoms with Crippen LogP contribution in [0.5, 0.6) is 17.2 Å². The molecule has 0 aliphatic rings. The maximum atomic E-state index is 13.1. The van der Waals surface area contributed by atoms with Crippen molar-refractivity contribution in [2.45, 2.75) is 19.5 Å². The standard InChI is InChI=1S/C28H22F3N3O5/c1-4-7-19-12-18(13-20(16-32)27(35)33-22-9-6-5-8-17(22)2)14-25(38-3)26(19)39-24-11-10-21(28(29,30)31)15-23(24)34(36)37/h4-6,8-15H,1,7H2,2-3H3,(H,33,35)/b20-13+. The van der Waals surface area contributed by atoms with E-state index in [4.69, 9.17) is 9.47 Å². The molecule has 0 saturated carbocycles. The van der Waals surface area contributed by atoms with Crippen molar-refractivity contribution in [1.29, 1.82) is 5.26 Å². The lowest BCUT2D eigenvalue weighted by molar-refractivity contribution is -0.385. The van der Waals surface area contributed by atoms with E-state index in [1.165, 1.54) is 25.3 Å². The number of nitrogens with zero attached hydrogens (tertiary/aromatic N) is 2. The minimum Gasteiger partial charge on any atom is -0.493 e. The van der Waals surface area contributed by atoms with E-state index in [2.05, 4.69) is 11.9 Å². The number of alkyl halides is 3. The molecular weight excluding hydrogens is 515 g/mol. The van der Waals surface area contributed by atoms with Gasteiger partial charge in [0.1, 0.15) is 11.6 Å². The summed E-state index contributed by atoms with van der Waals surface area (Å²) in [5.41, 5.74) is -0.200. The van der Waals surface area contributed by atoms with Crippen molar-refractivity contribution in [2.24, 2.45) is 0 Å². The summed E-state index contributed by atoms with van der Waals surface area (Å²) in [5, 5.41) is 23.8. The van der Waals surface area contributed by atoms with Crippen molar-refractivity contribution in [2.75, 3.05) is 12.4 Å². The number of nitro benzene ring substituents is 1. The number of benzene rings is 3. The van der Waals surface area contributed by atoms with E-state index in [9.17, 15) is 33.3 Å². The smallest absolute Gasteiger partial charge is 0.416 e. The zero-order valence-electron chi connectivity index (χ0n) is 20.8. The first-order valence-corrected chi connectivity index (χ1v) is 11.3. The van der Waals surface area contributed by atoms with E-state index < -0.39 is 34.0 Å². The van der Waals surface area contributed by atoms with Gasteiger partial charge >= 0.3 is 11.9 Å². The Kier molecular flexibility index (Phi) is 8.73. The van der Waals surface area contributed by atoms with Gasteiger partial charge < -0.3 is 14.8 Å². The van der Waals surface area contributed by atoms with Crippen LogP contribution in [0.4, 0.5) is 24.5 Å². The number of nitrogens with one attached hydrogen (secondary N) is 1. The van der Waals surface area contributed by atoms with E-state index >= 15 is 0 Å². The van der Waals surface area contributed by atoms with Gasteiger partial charge in [-0.15, -0.1) is 6.58 Å². The normalized spacial score (nSPS) is 11.3. The Morgan fingerprint density at radius 3 is 2.49 bits per heavy atom. The van der Waals surface area contributed by atoms with Gasteiger partial charge in [-0.1, -0.05) is 24.3 Å². The molecule has 0 bridgehead atoms. The third kappa shape index (κ3) is 6.81. The van der Waals surface area contributed by atoms with Crippen LogP contribution in [0.1, 0.15) is 22.3 Å². The summed E-state index contributed by atoms with van der Waals surface area (Å²) in [6, 6.07) is 13.8. The molecule has 0 aliphatic carbocycles. The fourth-order valence-corrected chi connectivity index (χ4v) is 3.59. The predicted octanol–water partition coefficient (Wildman–Crippen LogP) is 7.00. The maximum Gasteiger partial charge on any atom is 0.416 e. The Morgan fingerprint density at radius 2 is 1.90 bits per heavy atom. The minimum absolute atomic E-state index is 0.000258. The zero-order valence-corrected chi connectivity index (χ0v) is 20.8. The second-order valence-corrected chi connectivity index (χ2v) is 8.18. The first-order chi connectivity index (χ1) is 18.5. The van der Waals surface area contributed by atoms with Crippen LogP contribution in [-0.2, 0) is 17.4 Å². The van der Waals surface area contributed by atoms with Gasteiger partial charge in [-0.25, -0.2) is 0 Å². The van der Waals surface area contributed by atoms with Crippen LogP contribution in [0.25, 0.3) is 6.08 Å². The number of ether oxygens (including phenoxy) is 2. The lowest BCUT2D eigenvalue weighted by Gasteiger charge is -2.16. The van der Waals surface area contributed by atoms with Crippen LogP contribution in [0, 0.1) is 28.4 Å². The summed E-state index contributed by atoms with van der Waals surface area (Å²) in [5.74, 6) is -1.02. The van der Waals surface area contributed by atoms with Crippen LogP contribution >= 0.6 is 0 Å². The van der Waals surface area contributed by atoms with Crippen molar-refractivity contribution in [3.63, 3.8) is 0 Å². The van der Waals surface area contributed by atoms with Crippen molar-refractivity contribution >= 4 is 23.4 Å². The average molecular weight is 537 g/mol. The second kappa shape index (κ2) is 12.0. The highest BCUT2D eigenvalue weighted by Gasteiger charge is 2.33. The van der Waals surface area contributed by atoms with Crippen molar-refractivity contribution in [3.8, 4) is 23.3 Å². The number of amides is 1. The highest BCUT2D eigenvalue weighted by molar-refractivity contribution is 6.10. The summed E-state index contributed by atoms with van der Waals surface area (Å²) in [6.45, 7) is 5.48. The van der Waals surface area contributed by atoms with E-state index in [-0.39, 0.29) is 23.5 Å². The number of hydrogen-bond acceptors (Lipinski definition) is 6. The maximum absolute atomic E-state index is 13.1. The number of anilines is 1. The summed E-state index contributed by atoms with van der Waals surface area (Å²) < 4.78 is 50.4.